The van der Waals surface area contributed by atoms with Gasteiger partial charge in [-0.1, -0.05) is 12.1 Å². The van der Waals surface area contributed by atoms with E-state index in [1.165, 1.54) is 0 Å². The van der Waals surface area contributed by atoms with Gasteiger partial charge in [0.25, 0.3) is 0 Å². The predicted octanol–water partition coefficient (Wildman–Crippen LogP) is 2.97. The van der Waals surface area contributed by atoms with Crippen molar-refractivity contribution in [2.75, 3.05) is 18.9 Å². The van der Waals surface area contributed by atoms with Crippen molar-refractivity contribution in [1.82, 2.24) is 4.90 Å². The molecule has 0 spiro atoms. The lowest BCUT2D eigenvalue weighted by molar-refractivity contribution is -0.117. The van der Waals surface area contributed by atoms with E-state index in [0.29, 0.717) is 23.2 Å². The first-order valence-corrected chi connectivity index (χ1v) is 7.10. The topological polar surface area (TPSA) is 82.4 Å². The van der Waals surface area contributed by atoms with Crippen molar-refractivity contribution in [3.63, 3.8) is 0 Å². The van der Waals surface area contributed by atoms with Crippen LogP contribution in [0.25, 0.3) is 11.0 Å². The molecule has 0 aliphatic heterocycles. The van der Waals surface area contributed by atoms with Crippen molar-refractivity contribution >= 4 is 22.6 Å². The highest BCUT2D eigenvalue weighted by molar-refractivity contribution is 6.03. The number of hydrogen-bond acceptors (Lipinski definition) is 5. The molecule has 0 aliphatic carbocycles. The number of anilines is 1. The number of nitrogens with zero attached hydrogens (tertiary/aromatic N) is 2. The number of para-hydroxylation sites is 1. The fraction of sp³-hybridized carbons (Fsp3) is 0.176. The Labute approximate surface area is 132 Å². The van der Waals surface area contributed by atoms with Crippen molar-refractivity contribution in [3.8, 4) is 6.07 Å². The van der Waals surface area contributed by atoms with Gasteiger partial charge in [0, 0.05) is 5.39 Å². The van der Waals surface area contributed by atoms with Crippen LogP contribution in [-0.4, -0.2) is 24.4 Å². The smallest absolute Gasteiger partial charge is 0.238 e. The summed E-state index contributed by atoms with van der Waals surface area (Å²) in [5, 5.41) is 12.6. The zero-order valence-electron chi connectivity index (χ0n) is 12.6. The lowest BCUT2D eigenvalue weighted by Gasteiger charge is -2.14. The van der Waals surface area contributed by atoms with Gasteiger partial charge in [0.1, 0.15) is 23.1 Å². The molecule has 2 aromatic heterocycles. The second-order valence-corrected chi connectivity index (χ2v) is 5.21. The van der Waals surface area contributed by atoms with Gasteiger partial charge >= 0.3 is 0 Å². The molecule has 6 nitrogen and oxygen atoms in total. The molecule has 0 saturated heterocycles. The van der Waals surface area contributed by atoms with Gasteiger partial charge < -0.3 is 14.2 Å². The molecule has 0 aliphatic rings. The lowest BCUT2D eigenvalue weighted by atomic mass is 10.2. The minimum absolute atomic E-state index is 0.105. The van der Waals surface area contributed by atoms with Gasteiger partial charge in [-0.15, -0.1) is 0 Å². The normalized spacial score (nSPS) is 10.8. The minimum Gasteiger partial charge on any atom is -0.468 e. The van der Waals surface area contributed by atoms with E-state index in [4.69, 9.17) is 14.1 Å². The Balaban J connectivity index is 1.71. The van der Waals surface area contributed by atoms with Gasteiger partial charge in [-0.05, 0) is 31.3 Å². The highest BCUT2D eigenvalue weighted by Gasteiger charge is 2.17. The first-order valence-electron chi connectivity index (χ1n) is 7.10. The molecular formula is C17H15N3O3. The van der Waals surface area contributed by atoms with E-state index >= 15 is 0 Å². The Morgan fingerprint density at radius 1 is 1.30 bits per heavy atom. The number of carbonyl (C=O) groups is 1. The second-order valence-electron chi connectivity index (χ2n) is 5.21. The fourth-order valence-electron chi connectivity index (χ4n) is 2.40. The van der Waals surface area contributed by atoms with E-state index in [0.717, 1.165) is 5.76 Å². The van der Waals surface area contributed by atoms with Crippen molar-refractivity contribution in [2.45, 2.75) is 6.54 Å². The number of carbonyl (C=O) groups excluding carboxylic acids is 1. The van der Waals surface area contributed by atoms with Crippen molar-refractivity contribution < 1.29 is 13.6 Å². The first kappa shape index (κ1) is 14.9. The lowest BCUT2D eigenvalue weighted by Crippen LogP contribution is -2.29. The fourth-order valence-corrected chi connectivity index (χ4v) is 2.40. The molecule has 0 unspecified atom stereocenters. The number of nitriles is 1. The second kappa shape index (κ2) is 6.38. The molecule has 1 amide bonds. The van der Waals surface area contributed by atoms with Crippen LogP contribution >= 0.6 is 0 Å². The van der Waals surface area contributed by atoms with Crippen LogP contribution in [0.15, 0.2) is 51.5 Å². The molecule has 6 heteroatoms. The average Bonchev–Trinajstić information content (AvgIpc) is 3.15. The number of benzene rings is 1. The van der Waals surface area contributed by atoms with Crippen molar-refractivity contribution in [2.24, 2.45) is 0 Å². The molecule has 23 heavy (non-hydrogen) atoms. The number of likely N-dealkylation sites (N-methyl/N-ethyl adjacent to an activating group) is 1. The van der Waals surface area contributed by atoms with E-state index in [1.54, 1.807) is 18.4 Å². The molecule has 1 aromatic carbocycles. The number of furan rings is 2. The summed E-state index contributed by atoms with van der Waals surface area (Å²) in [4.78, 5) is 14.0. The Bertz CT molecular complexity index is 859. The van der Waals surface area contributed by atoms with Gasteiger partial charge in [0.2, 0.25) is 11.7 Å². The maximum absolute atomic E-state index is 12.2. The monoisotopic (exact) mass is 309 g/mol. The Kier molecular flexibility index (Phi) is 4.13. The van der Waals surface area contributed by atoms with Gasteiger partial charge in [-0.25, -0.2) is 0 Å². The third-order valence-electron chi connectivity index (χ3n) is 3.38. The molecule has 0 saturated carbocycles. The van der Waals surface area contributed by atoms with Crippen molar-refractivity contribution in [3.05, 3.63) is 54.2 Å². The molecule has 1 N–H and O–H groups in total. The highest BCUT2D eigenvalue weighted by Crippen LogP contribution is 2.30. The molecule has 0 fully saturated rings. The van der Waals surface area contributed by atoms with Crippen LogP contribution in [0.3, 0.4) is 0 Å². The van der Waals surface area contributed by atoms with Crippen LogP contribution < -0.4 is 5.32 Å². The third-order valence-corrected chi connectivity index (χ3v) is 3.38. The number of amides is 1. The molecule has 0 bridgehead atoms. The predicted molar refractivity (Wildman–Crippen MR) is 84.6 cm³/mol. The van der Waals surface area contributed by atoms with Crippen LogP contribution in [0.4, 0.5) is 5.69 Å². The minimum atomic E-state index is -0.220. The third kappa shape index (κ3) is 3.25. The molecule has 0 radical (unpaired) electrons. The van der Waals surface area contributed by atoms with Gasteiger partial charge in [-0.3, -0.25) is 9.69 Å². The maximum Gasteiger partial charge on any atom is 0.238 e. The summed E-state index contributed by atoms with van der Waals surface area (Å²) in [7, 11) is 1.82. The van der Waals surface area contributed by atoms with E-state index in [1.807, 2.05) is 42.3 Å². The van der Waals surface area contributed by atoms with Crippen LogP contribution in [0, 0.1) is 11.3 Å². The van der Waals surface area contributed by atoms with E-state index < -0.39 is 0 Å². The van der Waals surface area contributed by atoms with Crippen LogP contribution in [0.5, 0.6) is 0 Å². The number of nitrogens with one attached hydrogen (secondary N) is 1. The number of rotatable bonds is 5. The van der Waals surface area contributed by atoms with E-state index in [-0.39, 0.29) is 18.2 Å². The Morgan fingerprint density at radius 2 is 2.13 bits per heavy atom. The van der Waals surface area contributed by atoms with Gasteiger partial charge in [0.15, 0.2) is 0 Å². The Morgan fingerprint density at radius 3 is 2.87 bits per heavy atom. The molecule has 0 atom stereocenters. The summed E-state index contributed by atoms with van der Waals surface area (Å²) < 4.78 is 10.7. The largest absolute Gasteiger partial charge is 0.468 e. The summed E-state index contributed by atoms with van der Waals surface area (Å²) >= 11 is 0. The summed E-state index contributed by atoms with van der Waals surface area (Å²) in [6.45, 7) is 0.697. The number of fused-ring (bicyclic) bond motifs is 1. The summed E-state index contributed by atoms with van der Waals surface area (Å²) in [5.41, 5.74) is 0.989. The standard InChI is InChI=1S/C17H15N3O3/c1-20(10-12-5-4-8-22-12)11-16(21)19-17-13-6-2-3-7-14(13)23-15(17)9-18/h2-8H,10-11H2,1H3,(H,19,21). The Hall–Kier alpha value is -3.04. The van der Waals surface area contributed by atoms with Crippen LogP contribution in [-0.2, 0) is 11.3 Å². The maximum atomic E-state index is 12.2. The molecule has 3 rings (SSSR count). The molecule has 116 valence electrons. The van der Waals surface area contributed by atoms with Crippen LogP contribution in [0.1, 0.15) is 11.5 Å². The zero-order chi connectivity index (χ0) is 16.2. The number of hydrogen-bond donors (Lipinski definition) is 1. The molecule has 2 heterocycles. The van der Waals surface area contributed by atoms with Gasteiger partial charge in [0.05, 0.1) is 19.4 Å². The summed E-state index contributed by atoms with van der Waals surface area (Å²) in [6.07, 6.45) is 1.60. The molecule has 3 aromatic rings. The first-order chi connectivity index (χ1) is 11.2. The zero-order valence-corrected chi connectivity index (χ0v) is 12.6. The van der Waals surface area contributed by atoms with Crippen LogP contribution in [0.2, 0.25) is 0 Å². The van der Waals surface area contributed by atoms with E-state index in [2.05, 4.69) is 5.32 Å². The average molecular weight is 309 g/mol. The van der Waals surface area contributed by atoms with E-state index in [9.17, 15) is 4.79 Å². The highest BCUT2D eigenvalue weighted by atomic mass is 16.3. The summed E-state index contributed by atoms with van der Waals surface area (Å²) in [5.74, 6) is 0.669. The SMILES string of the molecule is CN(CC(=O)Nc1c(C#N)oc2ccccc12)Cc1ccco1. The van der Waals surface area contributed by atoms with Crippen molar-refractivity contribution in [1.29, 1.82) is 5.26 Å². The summed E-state index contributed by atoms with van der Waals surface area (Å²) in [6, 6.07) is 12.8. The molecular weight excluding hydrogens is 294 g/mol. The quantitative estimate of drug-likeness (QED) is 0.783. The van der Waals surface area contributed by atoms with Gasteiger partial charge in [-0.2, -0.15) is 5.26 Å².